The number of fused-ring (bicyclic) bond motifs is 1. The molecule has 114 valence electrons. The van der Waals surface area contributed by atoms with Crippen molar-refractivity contribution in [2.75, 3.05) is 26.6 Å². The molecule has 0 radical (unpaired) electrons. The van der Waals surface area contributed by atoms with Gasteiger partial charge in [0.15, 0.2) is 5.16 Å². The molecule has 0 bridgehead atoms. The molecule has 2 aromatic rings. The fraction of sp³-hybridized carbons (Fsp3) is 0.429. The van der Waals surface area contributed by atoms with Gasteiger partial charge in [-0.25, -0.2) is 4.98 Å². The molecule has 0 amide bonds. The minimum Gasteiger partial charge on any atom is -0.494 e. The molecule has 0 fully saturated rings. The number of aliphatic carboxylic acids is 1. The summed E-state index contributed by atoms with van der Waals surface area (Å²) in [6.07, 6.45) is 0.833. The van der Waals surface area contributed by atoms with E-state index in [1.165, 1.54) is 11.8 Å². The smallest absolute Gasteiger partial charge is 0.313 e. The molecule has 0 aliphatic carbocycles. The number of carbonyl (C=O) groups is 1. The summed E-state index contributed by atoms with van der Waals surface area (Å²) in [6, 6.07) is 5.71. The van der Waals surface area contributed by atoms with Crippen molar-refractivity contribution in [3.63, 3.8) is 0 Å². The van der Waals surface area contributed by atoms with E-state index in [1.54, 1.807) is 14.2 Å². The number of methoxy groups -OCH3 is 2. The lowest BCUT2D eigenvalue weighted by Gasteiger charge is -2.08. The Balaban J connectivity index is 2.38. The van der Waals surface area contributed by atoms with Crippen LogP contribution in [0.15, 0.2) is 23.4 Å². The number of carboxylic acids is 1. The second kappa shape index (κ2) is 7.33. The summed E-state index contributed by atoms with van der Waals surface area (Å²) in [5.41, 5.74) is 1.70. The minimum atomic E-state index is -0.859. The van der Waals surface area contributed by atoms with Gasteiger partial charge in [-0.05, 0) is 18.6 Å². The zero-order chi connectivity index (χ0) is 15.2. The van der Waals surface area contributed by atoms with Crippen molar-refractivity contribution in [1.29, 1.82) is 0 Å². The maximum absolute atomic E-state index is 10.8. The van der Waals surface area contributed by atoms with Gasteiger partial charge in [0.05, 0.1) is 18.4 Å². The van der Waals surface area contributed by atoms with Crippen molar-refractivity contribution in [3.8, 4) is 5.75 Å². The summed E-state index contributed by atoms with van der Waals surface area (Å²) in [5, 5.41) is 9.54. The Labute approximate surface area is 127 Å². The fourth-order valence-corrected chi connectivity index (χ4v) is 2.84. The first-order chi connectivity index (χ1) is 10.2. The van der Waals surface area contributed by atoms with Crippen molar-refractivity contribution >= 4 is 28.8 Å². The number of aromatic nitrogens is 2. The van der Waals surface area contributed by atoms with Gasteiger partial charge in [0.25, 0.3) is 0 Å². The van der Waals surface area contributed by atoms with Gasteiger partial charge < -0.3 is 19.1 Å². The molecule has 7 heteroatoms. The molecular formula is C14H18N2O4S. The Morgan fingerprint density at radius 3 is 2.90 bits per heavy atom. The van der Waals surface area contributed by atoms with E-state index in [0.29, 0.717) is 17.5 Å². The topological polar surface area (TPSA) is 73.6 Å². The van der Waals surface area contributed by atoms with Crippen molar-refractivity contribution < 1.29 is 19.4 Å². The van der Waals surface area contributed by atoms with Crippen LogP contribution in [-0.2, 0) is 16.1 Å². The van der Waals surface area contributed by atoms with E-state index in [4.69, 9.17) is 14.6 Å². The predicted molar refractivity (Wildman–Crippen MR) is 81.1 cm³/mol. The van der Waals surface area contributed by atoms with Gasteiger partial charge in [-0.1, -0.05) is 17.8 Å². The molecule has 2 rings (SSSR count). The second-order valence-electron chi connectivity index (χ2n) is 4.40. The van der Waals surface area contributed by atoms with Crippen LogP contribution < -0.4 is 4.74 Å². The molecule has 0 saturated carbocycles. The predicted octanol–water partition coefficient (Wildman–Crippen LogP) is 2.26. The van der Waals surface area contributed by atoms with E-state index in [0.717, 1.165) is 24.0 Å². The van der Waals surface area contributed by atoms with Crippen LogP contribution in [-0.4, -0.2) is 47.2 Å². The number of hydrogen-bond donors (Lipinski definition) is 1. The maximum atomic E-state index is 10.8. The Morgan fingerprint density at radius 1 is 1.43 bits per heavy atom. The molecule has 1 heterocycles. The molecule has 0 atom stereocenters. The lowest BCUT2D eigenvalue weighted by Crippen LogP contribution is -2.05. The Hall–Kier alpha value is -1.73. The average Bonchev–Trinajstić information content (AvgIpc) is 2.83. The molecule has 1 aromatic carbocycles. The standard InChI is InChI=1S/C14H18N2O4S/c1-19-8-4-7-16-10-5-3-6-11(20-2)13(10)15-14(16)21-9-12(17)18/h3,5-6H,4,7-9H2,1-2H3,(H,17,18). The van der Waals surface area contributed by atoms with E-state index < -0.39 is 5.97 Å². The van der Waals surface area contributed by atoms with Crippen LogP contribution in [0.1, 0.15) is 6.42 Å². The van der Waals surface area contributed by atoms with Gasteiger partial charge in [-0.3, -0.25) is 4.79 Å². The monoisotopic (exact) mass is 310 g/mol. The highest BCUT2D eigenvalue weighted by molar-refractivity contribution is 7.99. The molecule has 1 aromatic heterocycles. The quantitative estimate of drug-likeness (QED) is 0.595. The van der Waals surface area contributed by atoms with Crippen LogP contribution in [0.5, 0.6) is 5.75 Å². The van der Waals surface area contributed by atoms with E-state index >= 15 is 0 Å². The largest absolute Gasteiger partial charge is 0.494 e. The van der Waals surface area contributed by atoms with Crippen LogP contribution in [0, 0.1) is 0 Å². The summed E-state index contributed by atoms with van der Waals surface area (Å²) in [5.74, 6) is -0.187. The van der Waals surface area contributed by atoms with Crippen LogP contribution >= 0.6 is 11.8 Å². The summed E-state index contributed by atoms with van der Waals surface area (Å²) < 4.78 is 12.4. The highest BCUT2D eigenvalue weighted by atomic mass is 32.2. The highest BCUT2D eigenvalue weighted by Crippen LogP contribution is 2.30. The zero-order valence-electron chi connectivity index (χ0n) is 12.0. The third-order valence-corrected chi connectivity index (χ3v) is 3.94. The van der Waals surface area contributed by atoms with Crippen molar-refractivity contribution in [1.82, 2.24) is 9.55 Å². The fourth-order valence-electron chi connectivity index (χ4n) is 2.08. The molecule has 21 heavy (non-hydrogen) atoms. The normalized spacial score (nSPS) is 11.0. The summed E-state index contributed by atoms with van der Waals surface area (Å²) in [7, 11) is 3.26. The lowest BCUT2D eigenvalue weighted by molar-refractivity contribution is -0.133. The number of hydrogen-bond acceptors (Lipinski definition) is 5. The van der Waals surface area contributed by atoms with E-state index in [1.807, 2.05) is 22.8 Å². The lowest BCUT2D eigenvalue weighted by atomic mass is 10.3. The first kappa shape index (κ1) is 15.7. The number of aryl methyl sites for hydroxylation is 1. The number of benzene rings is 1. The van der Waals surface area contributed by atoms with Crippen molar-refractivity contribution in [2.24, 2.45) is 0 Å². The van der Waals surface area contributed by atoms with E-state index in [-0.39, 0.29) is 5.75 Å². The number of rotatable bonds is 8. The number of thioether (sulfide) groups is 1. The van der Waals surface area contributed by atoms with Crippen LogP contribution in [0.25, 0.3) is 11.0 Å². The van der Waals surface area contributed by atoms with Crippen LogP contribution in [0.4, 0.5) is 0 Å². The maximum Gasteiger partial charge on any atom is 0.313 e. The Kier molecular flexibility index (Phi) is 5.46. The number of carboxylic acid groups (broad SMARTS) is 1. The Bertz CT molecular complexity index is 627. The van der Waals surface area contributed by atoms with Crippen molar-refractivity contribution in [2.45, 2.75) is 18.1 Å². The molecular weight excluding hydrogens is 292 g/mol. The number of para-hydroxylation sites is 1. The van der Waals surface area contributed by atoms with Gasteiger partial charge in [0.1, 0.15) is 11.3 Å². The SMILES string of the molecule is COCCCn1c(SCC(=O)O)nc2c(OC)cccc21. The summed E-state index contributed by atoms with van der Waals surface area (Å²) in [6.45, 7) is 1.37. The van der Waals surface area contributed by atoms with Gasteiger partial charge in [-0.2, -0.15) is 0 Å². The molecule has 0 spiro atoms. The molecule has 0 aliphatic heterocycles. The first-order valence-corrected chi connectivity index (χ1v) is 7.52. The molecule has 1 N–H and O–H groups in total. The average molecular weight is 310 g/mol. The van der Waals surface area contributed by atoms with Crippen LogP contribution in [0.2, 0.25) is 0 Å². The first-order valence-electron chi connectivity index (χ1n) is 6.54. The minimum absolute atomic E-state index is 0.0179. The molecule has 0 saturated heterocycles. The van der Waals surface area contributed by atoms with Crippen LogP contribution in [0.3, 0.4) is 0 Å². The van der Waals surface area contributed by atoms with Gasteiger partial charge >= 0.3 is 5.97 Å². The molecule has 6 nitrogen and oxygen atoms in total. The van der Waals surface area contributed by atoms with Gasteiger partial charge in [0.2, 0.25) is 0 Å². The third-order valence-electron chi connectivity index (χ3n) is 2.98. The highest BCUT2D eigenvalue weighted by Gasteiger charge is 2.15. The Morgan fingerprint density at radius 2 is 2.24 bits per heavy atom. The summed E-state index contributed by atoms with van der Waals surface area (Å²) >= 11 is 1.21. The zero-order valence-corrected chi connectivity index (χ0v) is 12.9. The molecule has 0 aliphatic rings. The van der Waals surface area contributed by atoms with Gasteiger partial charge in [0, 0.05) is 20.3 Å². The van der Waals surface area contributed by atoms with E-state index in [9.17, 15) is 4.79 Å². The number of ether oxygens (including phenoxy) is 2. The second-order valence-corrected chi connectivity index (χ2v) is 5.35. The third kappa shape index (κ3) is 3.68. The molecule has 0 unspecified atom stereocenters. The number of nitrogens with zero attached hydrogens (tertiary/aromatic N) is 2. The van der Waals surface area contributed by atoms with Gasteiger partial charge in [-0.15, -0.1) is 0 Å². The summed E-state index contributed by atoms with van der Waals surface area (Å²) in [4.78, 5) is 15.3. The number of imidazole rings is 1. The van der Waals surface area contributed by atoms with Crippen molar-refractivity contribution in [3.05, 3.63) is 18.2 Å². The van der Waals surface area contributed by atoms with E-state index in [2.05, 4.69) is 4.98 Å².